The van der Waals surface area contributed by atoms with Crippen LogP contribution in [0.2, 0.25) is 5.02 Å². The van der Waals surface area contributed by atoms with Crippen molar-refractivity contribution in [3.05, 3.63) is 58.1 Å². The molecule has 1 spiro atoms. The quantitative estimate of drug-likeness (QED) is 0.607. The van der Waals surface area contributed by atoms with Crippen molar-refractivity contribution in [2.75, 3.05) is 0 Å². The number of para-hydroxylation sites is 1. The van der Waals surface area contributed by atoms with Gasteiger partial charge in [-0.25, -0.2) is 0 Å². The molecular weight excluding hydrogens is 410 g/mol. The number of hydrogen-bond acceptors (Lipinski definition) is 3. The van der Waals surface area contributed by atoms with Crippen LogP contribution in [0.1, 0.15) is 80.4 Å². The van der Waals surface area contributed by atoms with E-state index >= 15 is 0 Å². The average molecular weight is 440 g/mol. The summed E-state index contributed by atoms with van der Waals surface area (Å²) < 4.78 is 13.1. The molecule has 0 saturated heterocycles. The minimum atomic E-state index is -0.283. The number of carbonyl (C=O) groups is 1. The maximum Gasteiger partial charge on any atom is 0.217 e. The van der Waals surface area contributed by atoms with Gasteiger partial charge < -0.3 is 15.2 Å². The molecule has 1 heterocycles. The van der Waals surface area contributed by atoms with Crippen LogP contribution in [0.3, 0.4) is 0 Å². The SMILES string of the molecule is NC(=O)CCc1cccc(C2CC3(CCC3)Oc3ccc(Cl)cc32)c1OC1CCCC1. The predicted molar refractivity (Wildman–Crippen MR) is 122 cm³/mol. The Balaban J connectivity index is 1.58. The van der Waals surface area contributed by atoms with Crippen molar-refractivity contribution in [1.82, 2.24) is 0 Å². The molecule has 2 aromatic carbocycles. The Hall–Kier alpha value is -2.20. The van der Waals surface area contributed by atoms with Gasteiger partial charge in [-0.15, -0.1) is 0 Å². The molecular formula is C26H30ClNO3. The Morgan fingerprint density at radius 3 is 2.65 bits per heavy atom. The highest BCUT2D eigenvalue weighted by atomic mass is 35.5. The molecule has 0 bridgehead atoms. The van der Waals surface area contributed by atoms with Crippen LogP contribution in [0.5, 0.6) is 11.5 Å². The van der Waals surface area contributed by atoms with Crippen molar-refractivity contribution in [2.45, 2.75) is 81.8 Å². The summed E-state index contributed by atoms with van der Waals surface area (Å²) in [6, 6.07) is 12.3. The van der Waals surface area contributed by atoms with Gasteiger partial charge >= 0.3 is 0 Å². The third kappa shape index (κ3) is 4.15. The largest absolute Gasteiger partial charge is 0.490 e. The number of rotatable bonds is 6. The van der Waals surface area contributed by atoms with Gasteiger partial charge in [0.05, 0.1) is 6.10 Å². The minimum Gasteiger partial charge on any atom is -0.490 e. The lowest BCUT2D eigenvalue weighted by molar-refractivity contribution is -0.117. The molecule has 31 heavy (non-hydrogen) atoms. The maximum absolute atomic E-state index is 11.5. The number of primary amides is 1. The van der Waals surface area contributed by atoms with E-state index in [1.54, 1.807) is 0 Å². The number of carbonyl (C=O) groups excluding carboxylic acids is 1. The molecule has 4 nitrogen and oxygen atoms in total. The van der Waals surface area contributed by atoms with E-state index < -0.39 is 0 Å². The second-order valence-corrected chi connectivity index (χ2v) is 9.84. The van der Waals surface area contributed by atoms with Crippen LogP contribution >= 0.6 is 11.6 Å². The number of benzene rings is 2. The van der Waals surface area contributed by atoms with E-state index in [1.807, 2.05) is 18.2 Å². The van der Waals surface area contributed by atoms with Gasteiger partial charge in [-0.1, -0.05) is 29.8 Å². The van der Waals surface area contributed by atoms with Crippen LogP contribution in [0.25, 0.3) is 0 Å². The highest BCUT2D eigenvalue weighted by Gasteiger charge is 2.46. The summed E-state index contributed by atoms with van der Waals surface area (Å²) in [5.74, 6) is 1.76. The Kier molecular flexibility index (Phi) is 5.60. The molecule has 1 unspecified atom stereocenters. The van der Waals surface area contributed by atoms with Gasteiger partial charge in [0.1, 0.15) is 17.1 Å². The molecule has 2 N–H and O–H groups in total. The predicted octanol–water partition coefficient (Wildman–Crippen LogP) is 5.92. The molecule has 0 radical (unpaired) electrons. The van der Waals surface area contributed by atoms with Crippen LogP contribution < -0.4 is 15.2 Å². The van der Waals surface area contributed by atoms with Gasteiger partial charge in [0, 0.05) is 28.5 Å². The van der Waals surface area contributed by atoms with Crippen LogP contribution in [-0.2, 0) is 11.2 Å². The van der Waals surface area contributed by atoms with Gasteiger partial charge in [-0.05, 0) is 81.5 Å². The summed E-state index contributed by atoms with van der Waals surface area (Å²) in [7, 11) is 0. The first kappa shape index (κ1) is 20.7. The fourth-order valence-electron chi connectivity index (χ4n) is 5.45. The van der Waals surface area contributed by atoms with Gasteiger partial charge in [0.2, 0.25) is 5.91 Å². The zero-order valence-corrected chi connectivity index (χ0v) is 18.6. The van der Waals surface area contributed by atoms with Gasteiger partial charge in [-0.3, -0.25) is 4.79 Å². The first-order valence-electron chi connectivity index (χ1n) is 11.6. The second-order valence-electron chi connectivity index (χ2n) is 9.40. The van der Waals surface area contributed by atoms with Crippen LogP contribution in [0.4, 0.5) is 0 Å². The molecule has 2 fully saturated rings. The standard InChI is InChI=1S/C26H30ClNO3/c27-18-10-11-23-21(15-18)22(16-26(31-23)13-4-14-26)20-8-3-5-17(9-12-24(28)29)25(20)30-19-6-1-2-7-19/h3,5,8,10-11,15,19,22H,1-2,4,6-7,9,12-14,16H2,(H2,28,29). The Morgan fingerprint density at radius 1 is 1.13 bits per heavy atom. The summed E-state index contributed by atoms with van der Waals surface area (Å²) in [6.45, 7) is 0. The topological polar surface area (TPSA) is 61.6 Å². The van der Waals surface area contributed by atoms with Crippen molar-refractivity contribution >= 4 is 17.5 Å². The first-order chi connectivity index (χ1) is 15.0. The zero-order valence-electron chi connectivity index (χ0n) is 17.9. The monoisotopic (exact) mass is 439 g/mol. The first-order valence-corrected chi connectivity index (χ1v) is 12.0. The van der Waals surface area contributed by atoms with Gasteiger partial charge in [0.15, 0.2) is 0 Å². The Bertz CT molecular complexity index is 979. The van der Waals surface area contributed by atoms with E-state index in [0.29, 0.717) is 12.8 Å². The van der Waals surface area contributed by atoms with Crippen LogP contribution in [-0.4, -0.2) is 17.6 Å². The lowest BCUT2D eigenvalue weighted by atomic mass is 9.69. The van der Waals surface area contributed by atoms with E-state index in [4.69, 9.17) is 26.8 Å². The van der Waals surface area contributed by atoms with Crippen molar-refractivity contribution in [2.24, 2.45) is 5.73 Å². The van der Waals surface area contributed by atoms with E-state index in [0.717, 1.165) is 59.8 Å². The minimum absolute atomic E-state index is 0.0840. The van der Waals surface area contributed by atoms with Crippen molar-refractivity contribution < 1.29 is 14.3 Å². The average Bonchev–Trinajstić information content (AvgIpc) is 3.24. The van der Waals surface area contributed by atoms with E-state index in [9.17, 15) is 4.79 Å². The van der Waals surface area contributed by atoms with Crippen molar-refractivity contribution in [1.29, 1.82) is 0 Å². The molecule has 2 aliphatic carbocycles. The lowest BCUT2D eigenvalue weighted by Gasteiger charge is -2.48. The normalized spacial score (nSPS) is 21.9. The number of aryl methyl sites for hydroxylation is 1. The molecule has 2 saturated carbocycles. The highest BCUT2D eigenvalue weighted by molar-refractivity contribution is 6.30. The third-order valence-corrected chi connectivity index (χ3v) is 7.48. The van der Waals surface area contributed by atoms with Crippen LogP contribution in [0.15, 0.2) is 36.4 Å². The highest BCUT2D eigenvalue weighted by Crippen LogP contribution is 2.53. The smallest absolute Gasteiger partial charge is 0.217 e. The molecule has 3 aliphatic rings. The van der Waals surface area contributed by atoms with Crippen LogP contribution in [0, 0.1) is 0 Å². The molecule has 164 valence electrons. The van der Waals surface area contributed by atoms with Gasteiger partial charge in [0.25, 0.3) is 0 Å². The zero-order chi connectivity index (χ0) is 21.4. The molecule has 1 aliphatic heterocycles. The van der Waals surface area contributed by atoms with E-state index in [1.165, 1.54) is 24.8 Å². The van der Waals surface area contributed by atoms with E-state index in [2.05, 4.69) is 18.2 Å². The van der Waals surface area contributed by atoms with E-state index in [-0.39, 0.29) is 23.5 Å². The number of amides is 1. The fourth-order valence-corrected chi connectivity index (χ4v) is 5.63. The number of nitrogens with two attached hydrogens (primary N) is 1. The van der Waals surface area contributed by atoms with Gasteiger partial charge in [-0.2, -0.15) is 0 Å². The summed E-state index contributed by atoms with van der Waals surface area (Å²) >= 11 is 6.40. The third-order valence-electron chi connectivity index (χ3n) is 7.24. The summed E-state index contributed by atoms with van der Waals surface area (Å²) in [5, 5.41) is 0.722. The second kappa shape index (κ2) is 8.38. The molecule has 5 heteroatoms. The molecule has 0 aromatic heterocycles. The number of halogens is 1. The number of fused-ring (bicyclic) bond motifs is 1. The molecule has 2 aromatic rings. The molecule has 5 rings (SSSR count). The Labute approximate surface area is 189 Å². The summed E-state index contributed by atoms with van der Waals surface area (Å²) in [4.78, 5) is 11.5. The molecule has 1 amide bonds. The summed E-state index contributed by atoms with van der Waals surface area (Å²) in [5.41, 5.74) is 8.77. The fraction of sp³-hybridized carbons (Fsp3) is 0.500. The summed E-state index contributed by atoms with van der Waals surface area (Å²) in [6.07, 6.45) is 10.1. The lowest BCUT2D eigenvalue weighted by Crippen LogP contribution is -2.47. The number of hydrogen-bond donors (Lipinski definition) is 1. The van der Waals surface area contributed by atoms with Crippen molar-refractivity contribution in [3.63, 3.8) is 0 Å². The maximum atomic E-state index is 11.5. The Morgan fingerprint density at radius 2 is 1.94 bits per heavy atom. The molecule has 1 atom stereocenters. The number of ether oxygens (including phenoxy) is 2. The van der Waals surface area contributed by atoms with Crippen molar-refractivity contribution in [3.8, 4) is 11.5 Å².